The summed E-state index contributed by atoms with van der Waals surface area (Å²) in [6, 6.07) is 9.09. The van der Waals surface area contributed by atoms with Gasteiger partial charge >= 0.3 is 5.97 Å². The first-order valence-corrected chi connectivity index (χ1v) is 6.72. The Balaban J connectivity index is 0.00000180. The molecule has 2 rings (SSSR count). The van der Waals surface area contributed by atoms with Gasteiger partial charge in [0.15, 0.2) is 0 Å². The summed E-state index contributed by atoms with van der Waals surface area (Å²) < 4.78 is 0. The lowest BCUT2D eigenvalue weighted by atomic mass is 9.93. The summed E-state index contributed by atoms with van der Waals surface area (Å²) in [4.78, 5) is 12.9. The quantitative estimate of drug-likeness (QED) is 0.843. The maximum atomic E-state index is 10.5. The largest absolute Gasteiger partial charge is 0.481 e. The molecule has 0 bridgehead atoms. The van der Waals surface area contributed by atoms with Gasteiger partial charge in [0, 0.05) is 19.0 Å². The Labute approximate surface area is 121 Å². The summed E-state index contributed by atoms with van der Waals surface area (Å²) in [5, 5.41) is 8.62. The van der Waals surface area contributed by atoms with Crippen molar-refractivity contribution in [3.05, 3.63) is 35.4 Å². The lowest BCUT2D eigenvalue weighted by Gasteiger charge is -2.35. The molecule has 3 nitrogen and oxygen atoms in total. The topological polar surface area (TPSA) is 40.5 Å². The van der Waals surface area contributed by atoms with E-state index in [0.717, 1.165) is 32.4 Å². The van der Waals surface area contributed by atoms with Crippen molar-refractivity contribution in [2.24, 2.45) is 0 Å². The van der Waals surface area contributed by atoms with Gasteiger partial charge in [0.25, 0.3) is 0 Å². The van der Waals surface area contributed by atoms with Gasteiger partial charge in [-0.15, -0.1) is 12.4 Å². The van der Waals surface area contributed by atoms with Crippen molar-refractivity contribution in [3.8, 4) is 0 Å². The van der Waals surface area contributed by atoms with E-state index in [-0.39, 0.29) is 12.4 Å². The van der Waals surface area contributed by atoms with E-state index in [1.807, 2.05) is 0 Å². The van der Waals surface area contributed by atoms with Crippen LogP contribution in [0.5, 0.6) is 0 Å². The number of benzene rings is 1. The lowest BCUT2D eigenvalue weighted by molar-refractivity contribution is -0.137. The molecule has 1 atom stereocenters. The Kier molecular flexibility index (Phi) is 6.32. The van der Waals surface area contributed by atoms with Gasteiger partial charge < -0.3 is 5.11 Å². The molecule has 0 radical (unpaired) electrons. The number of hydrogen-bond acceptors (Lipinski definition) is 2. The van der Waals surface area contributed by atoms with Crippen LogP contribution in [0.25, 0.3) is 0 Å². The molecule has 4 heteroatoms. The van der Waals surface area contributed by atoms with Crippen LogP contribution in [0.4, 0.5) is 0 Å². The second-order valence-electron chi connectivity index (χ2n) is 5.01. The fourth-order valence-corrected chi connectivity index (χ4v) is 2.72. The number of fused-ring (bicyclic) bond motifs is 1. The fourth-order valence-electron chi connectivity index (χ4n) is 2.72. The first-order valence-electron chi connectivity index (χ1n) is 6.72. The van der Waals surface area contributed by atoms with E-state index in [9.17, 15) is 4.79 Å². The summed E-state index contributed by atoms with van der Waals surface area (Å²) in [7, 11) is 0. The zero-order valence-electron chi connectivity index (χ0n) is 11.3. The molecule has 1 aliphatic heterocycles. The Morgan fingerprint density at radius 2 is 2.11 bits per heavy atom. The second kappa shape index (κ2) is 7.51. The number of carboxylic acid groups (broad SMARTS) is 1. The van der Waals surface area contributed by atoms with E-state index < -0.39 is 5.97 Å². The fraction of sp³-hybridized carbons (Fsp3) is 0.533. The molecule has 0 amide bonds. The van der Waals surface area contributed by atoms with Crippen LogP contribution in [0.3, 0.4) is 0 Å². The smallest absolute Gasteiger partial charge is 0.303 e. The van der Waals surface area contributed by atoms with E-state index in [1.165, 1.54) is 11.1 Å². The number of carbonyl (C=O) groups is 1. The average molecular weight is 284 g/mol. The Hall–Kier alpha value is -1.06. The van der Waals surface area contributed by atoms with Gasteiger partial charge in [-0.05, 0) is 43.9 Å². The molecule has 106 valence electrons. The van der Waals surface area contributed by atoms with E-state index in [4.69, 9.17) is 5.11 Å². The number of aliphatic carboxylic acids is 1. The monoisotopic (exact) mass is 283 g/mol. The highest BCUT2D eigenvalue weighted by atomic mass is 35.5. The van der Waals surface area contributed by atoms with Gasteiger partial charge in [-0.3, -0.25) is 9.69 Å². The molecule has 1 unspecified atom stereocenters. The SMILES string of the molecule is CC1c2ccccc2CCN1CCCCC(=O)O.Cl. The zero-order valence-corrected chi connectivity index (χ0v) is 12.2. The summed E-state index contributed by atoms with van der Waals surface area (Å²) in [5.41, 5.74) is 2.90. The van der Waals surface area contributed by atoms with Crippen LogP contribution in [0.2, 0.25) is 0 Å². The third-order valence-electron chi connectivity index (χ3n) is 3.81. The number of halogens is 1. The Morgan fingerprint density at radius 3 is 2.84 bits per heavy atom. The van der Waals surface area contributed by atoms with Crippen LogP contribution in [0, 0.1) is 0 Å². The number of rotatable bonds is 5. The highest BCUT2D eigenvalue weighted by Crippen LogP contribution is 2.29. The molecule has 0 aromatic heterocycles. The molecule has 0 saturated carbocycles. The number of hydrogen-bond donors (Lipinski definition) is 1. The third kappa shape index (κ3) is 4.22. The van der Waals surface area contributed by atoms with E-state index in [1.54, 1.807) is 0 Å². The van der Waals surface area contributed by atoms with E-state index in [2.05, 4.69) is 36.1 Å². The van der Waals surface area contributed by atoms with Crippen LogP contribution in [0.1, 0.15) is 43.4 Å². The standard InChI is InChI=1S/C15H21NO2.ClH/c1-12-14-7-3-2-6-13(14)9-11-16(12)10-5-4-8-15(17)18;/h2-3,6-7,12H,4-5,8-11H2,1H3,(H,17,18);1H. The maximum absolute atomic E-state index is 10.5. The maximum Gasteiger partial charge on any atom is 0.303 e. The Bertz CT molecular complexity index is 422. The van der Waals surface area contributed by atoms with Crippen LogP contribution >= 0.6 is 12.4 Å². The van der Waals surface area contributed by atoms with Gasteiger partial charge in [0.1, 0.15) is 0 Å². The average Bonchev–Trinajstić information content (AvgIpc) is 2.37. The minimum absolute atomic E-state index is 0. The van der Waals surface area contributed by atoms with Gasteiger partial charge in [-0.2, -0.15) is 0 Å². The highest BCUT2D eigenvalue weighted by molar-refractivity contribution is 5.85. The zero-order chi connectivity index (χ0) is 13.0. The molecule has 0 saturated heterocycles. The molecular formula is C15H22ClNO2. The predicted molar refractivity (Wildman–Crippen MR) is 78.9 cm³/mol. The molecule has 1 aromatic rings. The lowest BCUT2D eigenvalue weighted by Crippen LogP contribution is -2.34. The minimum Gasteiger partial charge on any atom is -0.481 e. The summed E-state index contributed by atoms with van der Waals surface area (Å²) in [5.74, 6) is -0.688. The van der Waals surface area contributed by atoms with E-state index >= 15 is 0 Å². The highest BCUT2D eigenvalue weighted by Gasteiger charge is 2.22. The third-order valence-corrected chi connectivity index (χ3v) is 3.81. The number of carboxylic acids is 1. The van der Waals surface area contributed by atoms with E-state index in [0.29, 0.717) is 12.5 Å². The molecule has 1 N–H and O–H groups in total. The summed E-state index contributed by atoms with van der Waals surface area (Å²) >= 11 is 0. The van der Waals surface area contributed by atoms with Gasteiger partial charge in [-0.1, -0.05) is 24.3 Å². The first kappa shape index (κ1) is 16.0. The van der Waals surface area contributed by atoms with Crippen LogP contribution in [-0.4, -0.2) is 29.1 Å². The Morgan fingerprint density at radius 1 is 1.37 bits per heavy atom. The van der Waals surface area contributed by atoms with Crippen molar-refractivity contribution < 1.29 is 9.90 Å². The minimum atomic E-state index is -0.688. The molecule has 0 spiro atoms. The molecule has 1 aromatic carbocycles. The van der Waals surface area contributed by atoms with Gasteiger partial charge in [0.05, 0.1) is 0 Å². The first-order chi connectivity index (χ1) is 8.68. The normalized spacial score (nSPS) is 18.5. The number of unbranched alkanes of at least 4 members (excludes halogenated alkanes) is 1. The van der Waals surface area contributed by atoms with Gasteiger partial charge in [-0.25, -0.2) is 0 Å². The summed E-state index contributed by atoms with van der Waals surface area (Å²) in [6.45, 7) is 4.34. The molecule has 19 heavy (non-hydrogen) atoms. The second-order valence-corrected chi connectivity index (χ2v) is 5.01. The number of nitrogens with zero attached hydrogens (tertiary/aromatic N) is 1. The van der Waals surface area contributed by atoms with Crippen molar-refractivity contribution in [2.45, 2.75) is 38.6 Å². The van der Waals surface area contributed by atoms with Crippen molar-refractivity contribution >= 4 is 18.4 Å². The van der Waals surface area contributed by atoms with Crippen molar-refractivity contribution in [3.63, 3.8) is 0 Å². The van der Waals surface area contributed by atoms with Crippen molar-refractivity contribution in [1.29, 1.82) is 0 Å². The van der Waals surface area contributed by atoms with Crippen molar-refractivity contribution in [2.75, 3.05) is 13.1 Å². The summed E-state index contributed by atoms with van der Waals surface area (Å²) in [6.07, 6.45) is 3.15. The molecule has 1 aliphatic rings. The molecule has 0 fully saturated rings. The van der Waals surface area contributed by atoms with Crippen LogP contribution < -0.4 is 0 Å². The predicted octanol–water partition coefficient (Wildman–Crippen LogP) is 3.28. The van der Waals surface area contributed by atoms with Crippen LogP contribution in [0.15, 0.2) is 24.3 Å². The molecule has 1 heterocycles. The van der Waals surface area contributed by atoms with Crippen molar-refractivity contribution in [1.82, 2.24) is 4.90 Å². The van der Waals surface area contributed by atoms with Gasteiger partial charge in [0.2, 0.25) is 0 Å². The molecule has 0 aliphatic carbocycles. The van der Waals surface area contributed by atoms with Crippen LogP contribution in [-0.2, 0) is 11.2 Å². The molecular weight excluding hydrogens is 262 g/mol.